The van der Waals surface area contributed by atoms with Gasteiger partial charge in [0.1, 0.15) is 13.2 Å². The third-order valence-corrected chi connectivity index (χ3v) is 2.69. The number of carboxylic acid groups (broad SMARTS) is 1. The highest BCUT2D eigenvalue weighted by molar-refractivity contribution is 5.66. The molecule has 1 saturated heterocycles. The van der Waals surface area contributed by atoms with Crippen LogP contribution in [0.3, 0.4) is 0 Å². The van der Waals surface area contributed by atoms with Gasteiger partial charge in [-0.15, -0.1) is 0 Å². The Morgan fingerprint density at radius 1 is 1.50 bits per heavy atom. The number of carbonyl (C=O) groups is 1. The average molecular weight is 255 g/mol. The number of rotatable bonds is 6. The highest BCUT2D eigenvalue weighted by Gasteiger charge is 2.10. The summed E-state index contributed by atoms with van der Waals surface area (Å²) in [5.41, 5.74) is 0. The molecule has 0 bridgehead atoms. The predicted octanol–water partition coefficient (Wildman–Crippen LogP) is -0.321. The van der Waals surface area contributed by atoms with Gasteiger partial charge in [0.25, 0.3) is 0 Å². The van der Waals surface area contributed by atoms with Gasteiger partial charge in [0.15, 0.2) is 5.75 Å². The standard InChI is InChI=1S/C11H17N3O4/c15-11(16)9-14-8-10(7-12-14)18-6-3-13-1-4-17-5-2-13/h7-8H,1-6,9H2,(H,15,16). The van der Waals surface area contributed by atoms with Crippen molar-refractivity contribution < 1.29 is 19.4 Å². The molecule has 1 aromatic rings. The highest BCUT2D eigenvalue weighted by Crippen LogP contribution is 2.08. The van der Waals surface area contributed by atoms with Crippen molar-refractivity contribution in [3.8, 4) is 5.75 Å². The normalized spacial score (nSPS) is 16.7. The molecule has 1 aliphatic rings. The van der Waals surface area contributed by atoms with Crippen LogP contribution >= 0.6 is 0 Å². The van der Waals surface area contributed by atoms with Gasteiger partial charge in [-0.05, 0) is 0 Å². The summed E-state index contributed by atoms with van der Waals surface area (Å²) < 4.78 is 12.1. The maximum Gasteiger partial charge on any atom is 0.325 e. The largest absolute Gasteiger partial charge is 0.489 e. The number of aliphatic carboxylic acids is 1. The summed E-state index contributed by atoms with van der Waals surface area (Å²) in [6.07, 6.45) is 3.12. The first-order chi connectivity index (χ1) is 8.74. The minimum atomic E-state index is -0.919. The van der Waals surface area contributed by atoms with Gasteiger partial charge < -0.3 is 14.6 Å². The van der Waals surface area contributed by atoms with E-state index in [-0.39, 0.29) is 6.54 Å². The van der Waals surface area contributed by atoms with E-state index in [1.807, 2.05) is 0 Å². The zero-order valence-corrected chi connectivity index (χ0v) is 10.1. The molecule has 0 spiro atoms. The first-order valence-electron chi connectivity index (χ1n) is 5.91. The molecular weight excluding hydrogens is 238 g/mol. The predicted molar refractivity (Wildman–Crippen MR) is 62.6 cm³/mol. The van der Waals surface area contributed by atoms with Gasteiger partial charge in [0.2, 0.25) is 0 Å². The Kier molecular flexibility index (Phi) is 4.54. The monoisotopic (exact) mass is 255 g/mol. The Balaban J connectivity index is 1.69. The Hall–Kier alpha value is -1.60. The SMILES string of the molecule is O=C(O)Cn1cc(OCCN2CCOCC2)cn1. The summed E-state index contributed by atoms with van der Waals surface area (Å²) in [5, 5.41) is 12.5. The fourth-order valence-corrected chi connectivity index (χ4v) is 1.76. The van der Waals surface area contributed by atoms with Crippen molar-refractivity contribution in [2.75, 3.05) is 39.5 Å². The smallest absolute Gasteiger partial charge is 0.325 e. The highest BCUT2D eigenvalue weighted by atomic mass is 16.5. The lowest BCUT2D eigenvalue weighted by atomic mass is 10.4. The van der Waals surface area contributed by atoms with Gasteiger partial charge in [0, 0.05) is 19.6 Å². The summed E-state index contributed by atoms with van der Waals surface area (Å²) in [6.45, 7) is 4.68. The molecule has 0 atom stereocenters. The second-order valence-electron chi connectivity index (χ2n) is 4.07. The molecule has 100 valence electrons. The number of morpholine rings is 1. The maximum atomic E-state index is 10.5. The van der Waals surface area contributed by atoms with Crippen molar-refractivity contribution in [2.45, 2.75) is 6.54 Å². The van der Waals surface area contributed by atoms with E-state index in [9.17, 15) is 4.79 Å². The quantitative estimate of drug-likeness (QED) is 0.750. The summed E-state index contributed by atoms with van der Waals surface area (Å²) >= 11 is 0. The topological polar surface area (TPSA) is 76.8 Å². The molecule has 18 heavy (non-hydrogen) atoms. The van der Waals surface area contributed by atoms with Crippen LogP contribution < -0.4 is 4.74 Å². The van der Waals surface area contributed by atoms with E-state index >= 15 is 0 Å². The van der Waals surface area contributed by atoms with E-state index < -0.39 is 5.97 Å². The number of hydrogen-bond donors (Lipinski definition) is 1. The van der Waals surface area contributed by atoms with Crippen LogP contribution in [0.4, 0.5) is 0 Å². The van der Waals surface area contributed by atoms with E-state index in [0.29, 0.717) is 12.4 Å². The van der Waals surface area contributed by atoms with E-state index in [1.54, 1.807) is 6.20 Å². The molecule has 1 aromatic heterocycles. The average Bonchev–Trinajstić information content (AvgIpc) is 2.77. The van der Waals surface area contributed by atoms with Crippen LogP contribution in [0.5, 0.6) is 5.75 Å². The van der Waals surface area contributed by atoms with Crippen molar-refractivity contribution in [2.24, 2.45) is 0 Å². The van der Waals surface area contributed by atoms with E-state index in [4.69, 9.17) is 14.6 Å². The van der Waals surface area contributed by atoms with Crippen molar-refractivity contribution in [3.05, 3.63) is 12.4 Å². The molecule has 7 nitrogen and oxygen atoms in total. The van der Waals surface area contributed by atoms with Crippen LogP contribution in [0.2, 0.25) is 0 Å². The van der Waals surface area contributed by atoms with Crippen molar-refractivity contribution in [3.63, 3.8) is 0 Å². The molecular formula is C11H17N3O4. The Morgan fingerprint density at radius 2 is 2.28 bits per heavy atom. The molecule has 7 heteroatoms. The minimum absolute atomic E-state index is 0.146. The van der Waals surface area contributed by atoms with Crippen LogP contribution in [0.15, 0.2) is 12.4 Å². The lowest BCUT2D eigenvalue weighted by Crippen LogP contribution is -2.38. The molecule has 2 heterocycles. The third kappa shape index (κ3) is 4.01. The van der Waals surface area contributed by atoms with E-state index in [1.165, 1.54) is 10.9 Å². The van der Waals surface area contributed by atoms with Crippen molar-refractivity contribution in [1.82, 2.24) is 14.7 Å². The van der Waals surface area contributed by atoms with Gasteiger partial charge in [-0.3, -0.25) is 14.4 Å². The van der Waals surface area contributed by atoms with Gasteiger partial charge in [-0.25, -0.2) is 0 Å². The van der Waals surface area contributed by atoms with Crippen LogP contribution in [-0.4, -0.2) is 65.2 Å². The molecule has 1 N–H and O–H groups in total. The van der Waals surface area contributed by atoms with E-state index in [2.05, 4.69) is 10.00 Å². The maximum absolute atomic E-state index is 10.5. The second kappa shape index (κ2) is 6.36. The Labute approximate surface area is 105 Å². The number of nitrogens with zero attached hydrogens (tertiary/aromatic N) is 3. The van der Waals surface area contributed by atoms with Crippen molar-refractivity contribution >= 4 is 5.97 Å². The Morgan fingerprint density at radius 3 is 3.00 bits per heavy atom. The molecule has 1 aliphatic heterocycles. The van der Waals surface area contributed by atoms with Gasteiger partial charge >= 0.3 is 5.97 Å². The van der Waals surface area contributed by atoms with Gasteiger partial charge in [0.05, 0.1) is 25.6 Å². The molecule has 0 aliphatic carbocycles. The van der Waals surface area contributed by atoms with Crippen molar-refractivity contribution in [1.29, 1.82) is 0 Å². The molecule has 0 saturated carbocycles. The first-order valence-corrected chi connectivity index (χ1v) is 5.91. The minimum Gasteiger partial charge on any atom is -0.489 e. The lowest BCUT2D eigenvalue weighted by Gasteiger charge is -2.26. The number of aromatic nitrogens is 2. The summed E-state index contributed by atoms with van der Waals surface area (Å²) in [7, 11) is 0. The summed E-state index contributed by atoms with van der Waals surface area (Å²) in [6, 6.07) is 0. The number of hydrogen-bond acceptors (Lipinski definition) is 5. The molecule has 0 aromatic carbocycles. The first kappa shape index (κ1) is 12.8. The van der Waals surface area contributed by atoms with Crippen LogP contribution in [0, 0.1) is 0 Å². The summed E-state index contributed by atoms with van der Waals surface area (Å²) in [5.74, 6) is -0.317. The lowest BCUT2D eigenvalue weighted by molar-refractivity contribution is -0.137. The number of ether oxygens (including phenoxy) is 2. The molecule has 2 rings (SSSR count). The van der Waals surface area contributed by atoms with Crippen LogP contribution in [0.1, 0.15) is 0 Å². The number of carboxylic acids is 1. The van der Waals surface area contributed by atoms with Crippen LogP contribution in [-0.2, 0) is 16.1 Å². The van der Waals surface area contributed by atoms with Gasteiger partial charge in [-0.2, -0.15) is 5.10 Å². The molecule has 0 amide bonds. The molecule has 0 radical (unpaired) electrons. The third-order valence-electron chi connectivity index (χ3n) is 2.69. The zero-order chi connectivity index (χ0) is 12.8. The summed E-state index contributed by atoms with van der Waals surface area (Å²) in [4.78, 5) is 12.7. The molecule has 0 unspecified atom stereocenters. The Bertz CT molecular complexity index is 387. The second-order valence-corrected chi connectivity index (χ2v) is 4.07. The van der Waals surface area contributed by atoms with Crippen LogP contribution in [0.25, 0.3) is 0 Å². The zero-order valence-electron chi connectivity index (χ0n) is 10.1. The van der Waals surface area contributed by atoms with E-state index in [0.717, 1.165) is 32.8 Å². The van der Waals surface area contributed by atoms with Gasteiger partial charge in [-0.1, -0.05) is 0 Å². The fraction of sp³-hybridized carbons (Fsp3) is 0.636. The fourth-order valence-electron chi connectivity index (χ4n) is 1.76. The molecule has 1 fully saturated rings.